The molecule has 0 unspecified atom stereocenters. The lowest BCUT2D eigenvalue weighted by Crippen LogP contribution is -2.12. The van der Waals surface area contributed by atoms with Crippen LogP contribution in [0, 0.1) is 5.82 Å². The molecule has 0 radical (unpaired) electrons. The molecule has 2 aromatic rings. The topological polar surface area (TPSA) is 49.3 Å². The van der Waals surface area contributed by atoms with Gasteiger partial charge in [-0.2, -0.15) is 0 Å². The van der Waals surface area contributed by atoms with Crippen molar-refractivity contribution >= 4 is 23.2 Å². The molecule has 0 aliphatic heterocycles. The summed E-state index contributed by atoms with van der Waals surface area (Å²) in [6.45, 7) is -0.0896. The quantitative estimate of drug-likeness (QED) is 0.906. The minimum atomic E-state index is -0.590. The highest BCUT2D eigenvalue weighted by Gasteiger charge is 2.09. The molecule has 98 valence electrons. The zero-order chi connectivity index (χ0) is 13.8. The zero-order valence-electron chi connectivity index (χ0n) is 9.86. The van der Waals surface area contributed by atoms with E-state index in [1.165, 1.54) is 12.1 Å². The second-order valence-corrected chi connectivity index (χ2v) is 4.37. The largest absolute Gasteiger partial charge is 0.392 e. The predicted molar refractivity (Wildman–Crippen MR) is 71.7 cm³/mol. The molecular formula is C14H11ClFNO2. The summed E-state index contributed by atoms with van der Waals surface area (Å²) < 4.78 is 13.5. The molecule has 3 nitrogen and oxygen atoms in total. The summed E-state index contributed by atoms with van der Waals surface area (Å²) in [6, 6.07) is 10.4. The fraction of sp³-hybridized carbons (Fsp3) is 0.0714. The Morgan fingerprint density at radius 3 is 2.47 bits per heavy atom. The van der Waals surface area contributed by atoms with Crippen LogP contribution < -0.4 is 5.32 Å². The molecule has 0 aliphatic rings. The van der Waals surface area contributed by atoms with Crippen LogP contribution in [-0.2, 0) is 6.61 Å². The molecule has 0 atom stereocenters. The van der Waals surface area contributed by atoms with E-state index in [2.05, 4.69) is 5.32 Å². The van der Waals surface area contributed by atoms with Gasteiger partial charge in [-0.3, -0.25) is 4.79 Å². The van der Waals surface area contributed by atoms with Crippen molar-refractivity contribution in [2.45, 2.75) is 6.61 Å². The number of hydrogen-bond donors (Lipinski definition) is 2. The lowest BCUT2D eigenvalue weighted by Gasteiger charge is -2.07. The average molecular weight is 280 g/mol. The van der Waals surface area contributed by atoms with E-state index in [0.717, 1.165) is 6.07 Å². The monoisotopic (exact) mass is 279 g/mol. The molecule has 19 heavy (non-hydrogen) atoms. The van der Waals surface area contributed by atoms with E-state index in [0.29, 0.717) is 11.1 Å². The van der Waals surface area contributed by atoms with Gasteiger partial charge < -0.3 is 10.4 Å². The van der Waals surface area contributed by atoms with Gasteiger partial charge >= 0.3 is 0 Å². The summed E-state index contributed by atoms with van der Waals surface area (Å²) in [5, 5.41) is 11.6. The van der Waals surface area contributed by atoms with Crippen LogP contribution in [0.15, 0.2) is 42.5 Å². The van der Waals surface area contributed by atoms with Gasteiger partial charge in [0.25, 0.3) is 5.91 Å². The minimum Gasteiger partial charge on any atom is -0.392 e. The van der Waals surface area contributed by atoms with Crippen molar-refractivity contribution < 1.29 is 14.3 Å². The molecule has 2 rings (SSSR count). The van der Waals surface area contributed by atoms with Crippen LogP contribution in [0.25, 0.3) is 0 Å². The molecule has 2 N–H and O–H groups in total. The van der Waals surface area contributed by atoms with E-state index < -0.39 is 11.7 Å². The summed E-state index contributed by atoms with van der Waals surface area (Å²) in [4.78, 5) is 11.9. The van der Waals surface area contributed by atoms with Crippen LogP contribution in [0.1, 0.15) is 15.9 Å². The molecule has 0 fully saturated rings. The minimum absolute atomic E-state index is 0.0700. The number of rotatable bonds is 3. The van der Waals surface area contributed by atoms with Crippen LogP contribution in [0.4, 0.5) is 10.1 Å². The average Bonchev–Trinajstić information content (AvgIpc) is 2.42. The number of carbonyl (C=O) groups is 1. The van der Waals surface area contributed by atoms with E-state index in [1.54, 1.807) is 24.3 Å². The van der Waals surface area contributed by atoms with Crippen molar-refractivity contribution in [3.63, 3.8) is 0 Å². The normalized spacial score (nSPS) is 10.3. The maximum absolute atomic E-state index is 13.5. The Morgan fingerprint density at radius 1 is 1.21 bits per heavy atom. The first-order chi connectivity index (χ1) is 9.10. The number of amides is 1. The third-order valence-corrected chi connectivity index (χ3v) is 2.81. The van der Waals surface area contributed by atoms with Crippen molar-refractivity contribution in [2.75, 3.05) is 5.32 Å². The maximum atomic E-state index is 13.5. The molecule has 0 bridgehead atoms. The number of aliphatic hydroxyl groups excluding tert-OH is 1. The molecule has 5 heteroatoms. The third-order valence-electron chi connectivity index (χ3n) is 2.58. The lowest BCUT2D eigenvalue weighted by atomic mass is 10.1. The number of anilines is 1. The molecule has 0 spiro atoms. The predicted octanol–water partition coefficient (Wildman–Crippen LogP) is 3.22. The number of nitrogens with one attached hydrogen (secondary N) is 1. The summed E-state index contributed by atoms with van der Waals surface area (Å²) >= 11 is 5.63. The third kappa shape index (κ3) is 3.30. The second kappa shape index (κ2) is 5.82. The Hall–Kier alpha value is -1.91. The van der Waals surface area contributed by atoms with E-state index in [9.17, 15) is 9.18 Å². The lowest BCUT2D eigenvalue weighted by molar-refractivity contribution is 0.102. The van der Waals surface area contributed by atoms with Crippen LogP contribution in [0.2, 0.25) is 5.02 Å². The van der Waals surface area contributed by atoms with Gasteiger partial charge in [-0.1, -0.05) is 23.7 Å². The molecule has 2 aromatic carbocycles. The maximum Gasteiger partial charge on any atom is 0.255 e. The highest BCUT2D eigenvalue weighted by Crippen LogP contribution is 2.19. The van der Waals surface area contributed by atoms with Crippen LogP contribution in [-0.4, -0.2) is 11.0 Å². The summed E-state index contributed by atoms with van der Waals surface area (Å²) in [7, 11) is 0. The highest BCUT2D eigenvalue weighted by molar-refractivity contribution is 6.30. The van der Waals surface area contributed by atoms with Crippen molar-refractivity contribution in [3.8, 4) is 0 Å². The fourth-order valence-electron chi connectivity index (χ4n) is 1.55. The summed E-state index contributed by atoms with van der Waals surface area (Å²) in [5.41, 5.74) is 1.15. The Morgan fingerprint density at radius 2 is 1.89 bits per heavy atom. The van der Waals surface area contributed by atoms with E-state index in [4.69, 9.17) is 16.7 Å². The molecule has 0 aromatic heterocycles. The first kappa shape index (κ1) is 13.5. The summed E-state index contributed by atoms with van der Waals surface area (Å²) in [6.07, 6.45) is 0. The molecule has 0 heterocycles. The van der Waals surface area contributed by atoms with Crippen molar-refractivity contribution in [2.24, 2.45) is 0 Å². The SMILES string of the molecule is O=C(Nc1ccc(Cl)cc1F)c1ccc(CO)cc1. The Balaban J connectivity index is 2.15. The number of carbonyl (C=O) groups excluding carboxylic acids is 1. The van der Waals surface area contributed by atoms with Crippen LogP contribution in [0.5, 0.6) is 0 Å². The summed E-state index contributed by atoms with van der Waals surface area (Å²) in [5.74, 6) is -1.02. The number of aliphatic hydroxyl groups is 1. The Kier molecular flexibility index (Phi) is 4.14. The highest BCUT2D eigenvalue weighted by atomic mass is 35.5. The van der Waals surface area contributed by atoms with Gasteiger partial charge in [0.1, 0.15) is 5.82 Å². The number of hydrogen-bond acceptors (Lipinski definition) is 2. The fourth-order valence-corrected chi connectivity index (χ4v) is 1.71. The zero-order valence-corrected chi connectivity index (χ0v) is 10.6. The van der Waals surface area contributed by atoms with Gasteiger partial charge in [-0.25, -0.2) is 4.39 Å². The standard InChI is InChI=1S/C14H11ClFNO2/c15-11-5-6-13(12(16)7-11)17-14(19)10-3-1-9(8-18)2-4-10/h1-7,18H,8H2,(H,17,19). The Labute approximate surface area is 114 Å². The molecular weight excluding hydrogens is 269 g/mol. The smallest absolute Gasteiger partial charge is 0.255 e. The molecule has 0 saturated carbocycles. The molecule has 1 amide bonds. The van der Waals surface area contributed by atoms with Gasteiger partial charge in [0.15, 0.2) is 0 Å². The van der Waals surface area contributed by atoms with E-state index in [1.807, 2.05) is 0 Å². The van der Waals surface area contributed by atoms with Crippen molar-refractivity contribution in [3.05, 3.63) is 64.4 Å². The van der Waals surface area contributed by atoms with Crippen LogP contribution >= 0.6 is 11.6 Å². The van der Waals surface area contributed by atoms with Gasteiger partial charge in [0, 0.05) is 10.6 Å². The van der Waals surface area contributed by atoms with Crippen LogP contribution in [0.3, 0.4) is 0 Å². The van der Waals surface area contributed by atoms with Gasteiger partial charge in [0.2, 0.25) is 0 Å². The van der Waals surface area contributed by atoms with Gasteiger partial charge in [0.05, 0.1) is 12.3 Å². The van der Waals surface area contributed by atoms with E-state index >= 15 is 0 Å². The van der Waals surface area contributed by atoms with E-state index in [-0.39, 0.29) is 17.3 Å². The number of halogens is 2. The van der Waals surface area contributed by atoms with Crippen molar-refractivity contribution in [1.82, 2.24) is 0 Å². The number of benzene rings is 2. The molecule has 0 aliphatic carbocycles. The van der Waals surface area contributed by atoms with Gasteiger partial charge in [-0.15, -0.1) is 0 Å². The first-order valence-corrected chi connectivity index (χ1v) is 5.94. The second-order valence-electron chi connectivity index (χ2n) is 3.93. The van der Waals surface area contributed by atoms with Gasteiger partial charge in [-0.05, 0) is 35.9 Å². The first-order valence-electron chi connectivity index (χ1n) is 5.56. The Bertz CT molecular complexity index is 599. The molecule has 0 saturated heterocycles. The van der Waals surface area contributed by atoms with Crippen molar-refractivity contribution in [1.29, 1.82) is 0 Å².